The Kier molecular flexibility index (Phi) is 5.54. The Hall–Kier alpha value is -3.04. The van der Waals surface area contributed by atoms with Crippen LogP contribution in [0.2, 0.25) is 0 Å². The fourth-order valence-electron chi connectivity index (χ4n) is 3.05. The quantitative estimate of drug-likeness (QED) is 0.468. The Morgan fingerprint density at radius 2 is 1.86 bits per heavy atom. The van der Waals surface area contributed by atoms with Crippen molar-refractivity contribution in [2.24, 2.45) is 0 Å². The van der Waals surface area contributed by atoms with E-state index in [0.717, 1.165) is 17.4 Å². The molecule has 0 aliphatic carbocycles. The lowest BCUT2D eigenvalue weighted by Gasteiger charge is -2.25. The summed E-state index contributed by atoms with van der Waals surface area (Å²) >= 11 is 0. The van der Waals surface area contributed by atoms with Gasteiger partial charge in [0.05, 0.1) is 17.2 Å². The van der Waals surface area contributed by atoms with Gasteiger partial charge in [-0.1, -0.05) is 36.4 Å². The van der Waals surface area contributed by atoms with Crippen LogP contribution in [0.3, 0.4) is 0 Å². The molecule has 2 N–H and O–H groups in total. The lowest BCUT2D eigenvalue weighted by atomic mass is 10.0. The Bertz CT molecular complexity index is 1220. The van der Waals surface area contributed by atoms with Crippen molar-refractivity contribution in [1.82, 2.24) is 15.0 Å². The predicted molar refractivity (Wildman–Crippen MR) is 109 cm³/mol. The average Bonchev–Trinajstić information content (AvgIpc) is 2.72. The van der Waals surface area contributed by atoms with E-state index in [9.17, 15) is 18.0 Å². The van der Waals surface area contributed by atoms with Crippen LogP contribution < -0.4 is 11.0 Å². The van der Waals surface area contributed by atoms with Crippen LogP contribution >= 0.6 is 0 Å². The van der Waals surface area contributed by atoms with Gasteiger partial charge in [0.2, 0.25) is 0 Å². The number of carbonyl (C=O) groups is 1. The van der Waals surface area contributed by atoms with E-state index in [1.807, 2.05) is 42.5 Å². The van der Waals surface area contributed by atoms with E-state index >= 15 is 0 Å². The Morgan fingerprint density at radius 3 is 2.48 bits per heavy atom. The third-order valence-electron chi connectivity index (χ3n) is 5.16. The highest BCUT2D eigenvalue weighted by Gasteiger charge is 2.43. The molecule has 0 aliphatic heterocycles. The van der Waals surface area contributed by atoms with E-state index in [0.29, 0.717) is 10.9 Å². The molecular weight excluding hydrogens is 394 g/mol. The molecule has 0 fully saturated rings. The van der Waals surface area contributed by atoms with Crippen LogP contribution in [0.4, 0.5) is 0 Å². The second-order valence-corrected chi connectivity index (χ2v) is 9.48. The minimum atomic E-state index is -3.85. The lowest BCUT2D eigenvalue weighted by Crippen LogP contribution is -2.50. The van der Waals surface area contributed by atoms with Crippen molar-refractivity contribution >= 4 is 26.6 Å². The van der Waals surface area contributed by atoms with Gasteiger partial charge >= 0.3 is 0 Å². The zero-order chi connectivity index (χ0) is 21.2. The molecule has 3 rings (SSSR count). The number of rotatable bonds is 6. The van der Waals surface area contributed by atoms with E-state index in [-0.39, 0.29) is 18.5 Å². The standard InChI is InChI=1S/C20H21N3O5S/c1-20(19(25)22-26,29(2,27)28)10-11-23-13-21-17-12-15(8-9-16(17)18(23)24)14-6-4-3-5-7-14/h3-9,12-13,26H,10-11H2,1-2H3,(H,22,25)/t20-/m0/s1. The Balaban J connectivity index is 1.94. The first kappa shape index (κ1) is 20.7. The fourth-order valence-corrected chi connectivity index (χ4v) is 3.89. The molecule has 1 amide bonds. The number of hydrogen-bond donors (Lipinski definition) is 2. The van der Waals surface area contributed by atoms with Crippen LogP contribution in [-0.4, -0.2) is 40.1 Å². The first-order valence-corrected chi connectivity index (χ1v) is 10.8. The highest BCUT2D eigenvalue weighted by Crippen LogP contribution is 2.23. The van der Waals surface area contributed by atoms with Gasteiger partial charge in [0.1, 0.15) is 0 Å². The highest BCUT2D eigenvalue weighted by atomic mass is 32.2. The minimum absolute atomic E-state index is 0.0563. The monoisotopic (exact) mass is 415 g/mol. The first-order valence-electron chi connectivity index (χ1n) is 8.86. The minimum Gasteiger partial charge on any atom is -0.299 e. The summed E-state index contributed by atoms with van der Waals surface area (Å²) < 4.78 is 23.5. The van der Waals surface area contributed by atoms with Crippen LogP contribution in [0.15, 0.2) is 59.7 Å². The molecule has 1 atom stereocenters. The van der Waals surface area contributed by atoms with Crippen molar-refractivity contribution in [2.45, 2.75) is 24.6 Å². The summed E-state index contributed by atoms with van der Waals surface area (Å²) in [6.45, 7) is 1.15. The molecule has 0 aliphatic rings. The number of amides is 1. The maximum absolute atomic E-state index is 12.8. The van der Waals surface area contributed by atoms with Crippen molar-refractivity contribution < 1.29 is 18.4 Å². The van der Waals surface area contributed by atoms with Crippen molar-refractivity contribution in [3.63, 3.8) is 0 Å². The number of sulfone groups is 1. The smallest absolute Gasteiger partial charge is 0.264 e. The van der Waals surface area contributed by atoms with Gasteiger partial charge in [-0.3, -0.25) is 19.4 Å². The normalized spacial score (nSPS) is 13.8. The highest BCUT2D eigenvalue weighted by molar-refractivity contribution is 7.92. The number of nitrogens with zero attached hydrogens (tertiary/aromatic N) is 2. The van der Waals surface area contributed by atoms with Gasteiger partial charge in [-0.05, 0) is 36.6 Å². The summed E-state index contributed by atoms with van der Waals surface area (Å²) in [4.78, 5) is 29.1. The van der Waals surface area contributed by atoms with Crippen LogP contribution in [0.1, 0.15) is 13.3 Å². The molecule has 0 saturated carbocycles. The second kappa shape index (κ2) is 7.76. The summed E-state index contributed by atoms with van der Waals surface area (Å²) in [5.74, 6) is -1.05. The van der Waals surface area contributed by atoms with Gasteiger partial charge in [0.25, 0.3) is 11.5 Å². The molecule has 3 aromatic rings. The molecule has 9 heteroatoms. The predicted octanol–water partition coefficient (Wildman–Crippen LogP) is 1.76. The Labute approximate surface area is 167 Å². The zero-order valence-corrected chi connectivity index (χ0v) is 16.8. The molecule has 1 aromatic heterocycles. The van der Waals surface area contributed by atoms with E-state index < -0.39 is 20.5 Å². The molecule has 29 heavy (non-hydrogen) atoms. The first-order chi connectivity index (χ1) is 13.7. The molecule has 8 nitrogen and oxygen atoms in total. The lowest BCUT2D eigenvalue weighted by molar-refractivity contribution is -0.131. The number of aromatic nitrogens is 2. The van der Waals surface area contributed by atoms with Gasteiger partial charge in [0, 0.05) is 12.8 Å². The van der Waals surface area contributed by atoms with Gasteiger partial charge in [-0.25, -0.2) is 18.9 Å². The maximum Gasteiger partial charge on any atom is 0.264 e. The van der Waals surface area contributed by atoms with Crippen LogP contribution in [0, 0.1) is 0 Å². The van der Waals surface area contributed by atoms with E-state index in [2.05, 4.69) is 4.98 Å². The largest absolute Gasteiger partial charge is 0.299 e. The number of nitrogens with one attached hydrogen (secondary N) is 1. The SMILES string of the molecule is C[C@](CCn1cnc2cc(-c3ccccc3)ccc2c1=O)(C(=O)NO)S(C)(=O)=O. The molecular formula is C20H21N3O5S. The zero-order valence-electron chi connectivity index (χ0n) is 16.0. The number of carbonyl (C=O) groups excluding carboxylic acids is 1. The van der Waals surface area contributed by atoms with E-state index in [4.69, 9.17) is 5.21 Å². The van der Waals surface area contributed by atoms with Gasteiger partial charge in [0.15, 0.2) is 14.6 Å². The number of benzene rings is 2. The fraction of sp³-hybridized carbons (Fsp3) is 0.250. The Morgan fingerprint density at radius 1 is 1.17 bits per heavy atom. The summed E-state index contributed by atoms with van der Waals surface area (Å²) in [6.07, 6.45) is 2.04. The molecule has 0 spiro atoms. The van der Waals surface area contributed by atoms with Crippen molar-refractivity contribution in [3.8, 4) is 11.1 Å². The average molecular weight is 415 g/mol. The van der Waals surface area contributed by atoms with Gasteiger partial charge in [-0.2, -0.15) is 0 Å². The summed E-state index contributed by atoms with van der Waals surface area (Å²) in [6, 6.07) is 15.0. The molecule has 1 heterocycles. The number of hydroxylamine groups is 1. The van der Waals surface area contributed by atoms with Crippen LogP contribution in [0.5, 0.6) is 0 Å². The molecule has 0 radical (unpaired) electrons. The molecule has 152 valence electrons. The molecule has 0 bridgehead atoms. The van der Waals surface area contributed by atoms with Crippen molar-refractivity contribution in [3.05, 3.63) is 65.2 Å². The summed E-state index contributed by atoms with van der Waals surface area (Å²) in [5, 5.41) is 9.29. The third kappa shape index (κ3) is 3.92. The molecule has 0 saturated heterocycles. The number of aryl methyl sites for hydroxylation is 1. The molecule has 2 aromatic carbocycles. The number of fused-ring (bicyclic) bond motifs is 1. The summed E-state index contributed by atoms with van der Waals surface area (Å²) in [5.41, 5.74) is 3.50. The molecule has 0 unspecified atom stereocenters. The van der Waals surface area contributed by atoms with Crippen molar-refractivity contribution in [1.29, 1.82) is 0 Å². The van der Waals surface area contributed by atoms with Crippen LogP contribution in [0.25, 0.3) is 22.0 Å². The van der Waals surface area contributed by atoms with Crippen molar-refractivity contribution in [2.75, 3.05) is 6.26 Å². The summed E-state index contributed by atoms with van der Waals surface area (Å²) in [7, 11) is -3.85. The van der Waals surface area contributed by atoms with Gasteiger partial charge in [-0.15, -0.1) is 0 Å². The topological polar surface area (TPSA) is 118 Å². The van der Waals surface area contributed by atoms with Crippen LogP contribution in [-0.2, 0) is 21.2 Å². The maximum atomic E-state index is 12.8. The number of hydrogen-bond acceptors (Lipinski definition) is 6. The van der Waals surface area contributed by atoms with E-state index in [1.165, 1.54) is 23.3 Å². The van der Waals surface area contributed by atoms with Gasteiger partial charge < -0.3 is 0 Å². The second-order valence-electron chi connectivity index (χ2n) is 7.04. The third-order valence-corrected chi connectivity index (χ3v) is 7.19. The van der Waals surface area contributed by atoms with E-state index in [1.54, 1.807) is 6.07 Å².